The van der Waals surface area contributed by atoms with E-state index in [1.54, 1.807) is 6.07 Å². The zero-order valence-electron chi connectivity index (χ0n) is 22.1. The van der Waals surface area contributed by atoms with Crippen molar-refractivity contribution < 1.29 is 27.5 Å². The first-order valence-corrected chi connectivity index (χ1v) is 14.4. The molecule has 1 spiro atoms. The molecule has 0 saturated heterocycles. The van der Waals surface area contributed by atoms with Crippen LogP contribution in [0.15, 0.2) is 47.5 Å². The van der Waals surface area contributed by atoms with Crippen LogP contribution in [0.25, 0.3) is 11.2 Å². The number of nitrogens with two attached hydrogens (primary N) is 1. The lowest BCUT2D eigenvalue weighted by Crippen LogP contribution is -2.58. The number of primary amides is 1. The van der Waals surface area contributed by atoms with E-state index < -0.39 is 29.4 Å². The third-order valence-electron chi connectivity index (χ3n) is 8.25. The molecule has 0 unspecified atom stereocenters. The minimum atomic E-state index is -4.83. The number of fused-ring (bicyclic) bond motifs is 1. The second-order valence-electron chi connectivity index (χ2n) is 11.4. The molecule has 0 bridgehead atoms. The van der Waals surface area contributed by atoms with E-state index in [0.29, 0.717) is 29.5 Å². The smallest absolute Gasteiger partial charge is 0.450 e. The largest absolute Gasteiger partial charge is 0.473 e. The van der Waals surface area contributed by atoms with E-state index in [1.807, 2.05) is 0 Å². The number of hydrogen-bond donors (Lipinski definition) is 2. The molecule has 3 saturated carbocycles. The van der Waals surface area contributed by atoms with Gasteiger partial charge in [0.25, 0.3) is 17.4 Å². The summed E-state index contributed by atoms with van der Waals surface area (Å²) in [4.78, 5) is 45.7. The van der Waals surface area contributed by atoms with Crippen LogP contribution in [0.1, 0.15) is 75.4 Å². The van der Waals surface area contributed by atoms with Crippen molar-refractivity contribution in [3.8, 4) is 11.6 Å². The molecule has 0 atom stereocenters. The average Bonchev–Trinajstić information content (AvgIpc) is 3.53. The molecule has 10 nitrogen and oxygen atoms in total. The lowest BCUT2D eigenvalue weighted by Gasteiger charge is -2.57. The first-order chi connectivity index (χ1) is 20.0. The molecule has 7 rings (SSSR count). The molecule has 3 N–H and O–H groups in total. The Balaban J connectivity index is 1.02. The van der Waals surface area contributed by atoms with Crippen molar-refractivity contribution in [3.63, 3.8) is 0 Å². The molecule has 218 valence electrons. The first kappa shape index (κ1) is 26.7. The van der Waals surface area contributed by atoms with Gasteiger partial charge in [0.2, 0.25) is 11.7 Å². The van der Waals surface area contributed by atoms with Crippen molar-refractivity contribution in [1.82, 2.24) is 24.3 Å². The molecule has 0 aromatic carbocycles. The molecule has 42 heavy (non-hydrogen) atoms. The summed E-state index contributed by atoms with van der Waals surface area (Å²) in [6.45, 7) is 0. The quantitative estimate of drug-likeness (QED) is 0.330. The van der Waals surface area contributed by atoms with Gasteiger partial charge in [0.1, 0.15) is 11.1 Å². The predicted molar refractivity (Wildman–Crippen MR) is 145 cm³/mol. The number of pyridine rings is 2. The van der Waals surface area contributed by atoms with Crippen molar-refractivity contribution in [1.29, 1.82) is 0 Å². The third kappa shape index (κ3) is 4.63. The highest BCUT2D eigenvalue weighted by atomic mass is 32.1. The molecule has 4 aromatic heterocycles. The van der Waals surface area contributed by atoms with E-state index in [2.05, 4.69) is 15.3 Å². The van der Waals surface area contributed by atoms with Crippen molar-refractivity contribution >= 4 is 28.7 Å². The van der Waals surface area contributed by atoms with Gasteiger partial charge in [-0.3, -0.25) is 23.4 Å². The Hall–Kier alpha value is -4.20. The van der Waals surface area contributed by atoms with Crippen molar-refractivity contribution in [2.45, 2.75) is 62.8 Å². The van der Waals surface area contributed by atoms with E-state index in [-0.39, 0.29) is 34.5 Å². The predicted octanol–water partition coefficient (Wildman–Crippen LogP) is 4.06. The molecule has 0 aliphatic heterocycles. The molecule has 2 amide bonds. The number of nitrogens with zero attached hydrogens (tertiary/aromatic N) is 4. The number of alkyl halides is 3. The number of thiazole rings is 1. The summed E-state index contributed by atoms with van der Waals surface area (Å²) in [5.41, 5.74) is 4.93. The van der Waals surface area contributed by atoms with Crippen LogP contribution >= 0.6 is 11.3 Å². The highest BCUT2D eigenvalue weighted by Gasteiger charge is 2.55. The lowest BCUT2D eigenvalue weighted by molar-refractivity contribution is -0.145. The maximum Gasteiger partial charge on any atom is 0.450 e. The normalized spacial score (nSPS) is 23.4. The van der Waals surface area contributed by atoms with Crippen molar-refractivity contribution in [3.05, 3.63) is 74.5 Å². The number of hydrogen-bond acceptors (Lipinski definition) is 7. The first-order valence-electron chi connectivity index (χ1n) is 13.6. The summed E-state index contributed by atoms with van der Waals surface area (Å²) in [7, 11) is 0. The fourth-order valence-corrected chi connectivity index (χ4v) is 7.13. The number of carbonyl (C=O) groups is 2. The fourth-order valence-electron chi connectivity index (χ4n) is 6.11. The number of amides is 2. The molecule has 3 fully saturated rings. The summed E-state index contributed by atoms with van der Waals surface area (Å²) in [6, 6.07) is 7.04. The monoisotopic (exact) mass is 598 g/mol. The van der Waals surface area contributed by atoms with Crippen LogP contribution in [0.5, 0.6) is 5.88 Å². The Morgan fingerprint density at radius 2 is 1.86 bits per heavy atom. The Kier molecular flexibility index (Phi) is 5.98. The van der Waals surface area contributed by atoms with E-state index in [1.165, 1.54) is 46.4 Å². The second-order valence-corrected chi connectivity index (χ2v) is 12.4. The Morgan fingerprint density at radius 1 is 1.10 bits per heavy atom. The number of ether oxygens (including phenoxy) is 1. The average molecular weight is 599 g/mol. The van der Waals surface area contributed by atoms with Gasteiger partial charge in [0.05, 0.1) is 11.2 Å². The number of nitrogens with one attached hydrogen (secondary N) is 1. The van der Waals surface area contributed by atoms with Crippen LogP contribution in [0.2, 0.25) is 0 Å². The molecule has 4 aromatic rings. The second kappa shape index (κ2) is 9.41. The van der Waals surface area contributed by atoms with Gasteiger partial charge in [-0.05, 0) is 62.1 Å². The van der Waals surface area contributed by atoms with Gasteiger partial charge >= 0.3 is 6.18 Å². The van der Waals surface area contributed by atoms with Crippen molar-refractivity contribution in [2.75, 3.05) is 0 Å². The molecule has 3 aliphatic carbocycles. The number of carbonyl (C=O) groups excluding carboxylic acids is 2. The Morgan fingerprint density at radius 3 is 2.52 bits per heavy atom. The number of halogens is 3. The van der Waals surface area contributed by atoms with Crippen LogP contribution in [-0.4, -0.2) is 42.9 Å². The topological polar surface area (TPSA) is 134 Å². The van der Waals surface area contributed by atoms with E-state index >= 15 is 0 Å². The van der Waals surface area contributed by atoms with E-state index in [0.717, 1.165) is 41.3 Å². The number of rotatable bonds is 7. The zero-order valence-corrected chi connectivity index (χ0v) is 22.9. The van der Waals surface area contributed by atoms with Gasteiger partial charge < -0.3 is 15.8 Å². The van der Waals surface area contributed by atoms with Crippen LogP contribution in [0.4, 0.5) is 13.2 Å². The van der Waals surface area contributed by atoms with Crippen LogP contribution in [0.3, 0.4) is 0 Å². The van der Waals surface area contributed by atoms with Crippen LogP contribution in [-0.2, 0) is 6.18 Å². The highest BCUT2D eigenvalue weighted by Crippen LogP contribution is 2.57. The van der Waals surface area contributed by atoms with E-state index in [4.69, 9.17) is 10.5 Å². The third-order valence-corrected chi connectivity index (χ3v) is 9.46. The summed E-state index contributed by atoms with van der Waals surface area (Å²) < 4.78 is 49.7. The maximum absolute atomic E-state index is 13.9. The lowest BCUT2D eigenvalue weighted by atomic mass is 9.53. The molecular formula is C28H25F3N6O4S. The number of aromatic nitrogens is 4. The summed E-state index contributed by atoms with van der Waals surface area (Å²) >= 11 is 1.29. The zero-order chi connectivity index (χ0) is 29.4. The van der Waals surface area contributed by atoms with Gasteiger partial charge in [0.15, 0.2) is 10.6 Å². The maximum atomic E-state index is 13.9. The molecule has 14 heteroatoms. The van der Waals surface area contributed by atoms with Gasteiger partial charge in [-0.1, -0.05) is 6.07 Å². The molecule has 4 heterocycles. The van der Waals surface area contributed by atoms with Gasteiger partial charge in [-0.15, -0.1) is 11.3 Å². The van der Waals surface area contributed by atoms with Crippen LogP contribution < -0.4 is 21.3 Å². The SMILES string of the molecule is NC(=O)c1sc(C2CC2)nc1OC1CC2(CC(NC(=O)c3nc(C(F)(F)F)n4cc(-n5ccccc5=O)ccc34)C2)C1. The van der Waals surface area contributed by atoms with Crippen molar-refractivity contribution in [2.24, 2.45) is 11.1 Å². The van der Waals surface area contributed by atoms with Gasteiger partial charge in [-0.25, -0.2) is 9.97 Å². The summed E-state index contributed by atoms with van der Waals surface area (Å²) in [5, 5.41) is 3.71. The molecular weight excluding hydrogens is 573 g/mol. The van der Waals surface area contributed by atoms with Gasteiger partial charge in [0, 0.05) is 30.4 Å². The minimum absolute atomic E-state index is 0.0159. The van der Waals surface area contributed by atoms with E-state index in [9.17, 15) is 27.6 Å². The highest BCUT2D eigenvalue weighted by molar-refractivity contribution is 7.14. The Labute approximate surface area is 240 Å². The summed E-state index contributed by atoms with van der Waals surface area (Å²) in [5.74, 6) is -1.82. The van der Waals surface area contributed by atoms with Crippen LogP contribution in [0, 0.1) is 5.41 Å². The minimum Gasteiger partial charge on any atom is -0.473 e. The van der Waals surface area contributed by atoms with Gasteiger partial charge in [-0.2, -0.15) is 13.2 Å². The Bertz CT molecular complexity index is 1790. The standard InChI is InChI=1S/C28H25F3N6O4S/c29-28(30,31)26-34-20(18-7-6-16(13-37(18)26)36-8-2-1-3-19(36)38)23(40)33-15-9-27(10-15)11-17(12-27)41-24-21(22(32)39)42-25(35-24)14-4-5-14/h1-3,6-8,13-15,17H,4-5,9-12H2,(H2,32,39)(H,33,40). The molecule has 0 radical (unpaired) electrons. The summed E-state index contributed by atoms with van der Waals surface area (Å²) in [6.07, 6.45) is 2.51. The molecule has 3 aliphatic rings. The number of imidazole rings is 1. The fraction of sp³-hybridized carbons (Fsp3) is 0.393.